The number of benzene rings is 1. The van der Waals surface area contributed by atoms with Crippen molar-refractivity contribution in [2.45, 2.75) is 91.0 Å². The first-order chi connectivity index (χ1) is 13.9. The minimum Gasteiger partial charge on any atom is -0.452 e. The largest absolute Gasteiger partial charge is 0.452 e. The minimum atomic E-state index is -2.04. The highest BCUT2D eigenvalue weighted by Gasteiger charge is 2.48. The zero-order valence-corrected chi connectivity index (χ0v) is 21.5. The van der Waals surface area contributed by atoms with E-state index in [0.717, 1.165) is 28.8 Å². The highest BCUT2D eigenvalue weighted by molar-refractivity contribution is 6.77. The van der Waals surface area contributed by atoms with Crippen LogP contribution in [0.5, 0.6) is 0 Å². The van der Waals surface area contributed by atoms with Crippen LogP contribution in [-0.4, -0.2) is 33.7 Å². The highest BCUT2D eigenvalue weighted by Crippen LogP contribution is 2.44. The molecule has 0 N–H and O–H groups in total. The molecule has 0 aromatic heterocycles. The Morgan fingerprint density at radius 3 is 2.17 bits per heavy atom. The summed E-state index contributed by atoms with van der Waals surface area (Å²) >= 11 is 0. The van der Waals surface area contributed by atoms with Gasteiger partial charge in [0.25, 0.3) is 0 Å². The van der Waals surface area contributed by atoms with Crippen LogP contribution >= 0.6 is 0 Å². The Kier molecular flexibility index (Phi) is 7.48. The fourth-order valence-corrected chi connectivity index (χ4v) is 10.7. The molecule has 0 bridgehead atoms. The molecule has 30 heavy (non-hydrogen) atoms. The van der Waals surface area contributed by atoms with Gasteiger partial charge in [0.05, 0.1) is 12.8 Å². The summed E-state index contributed by atoms with van der Waals surface area (Å²) in [5.74, 6) is 6.85. The quantitative estimate of drug-likeness (QED) is 0.399. The van der Waals surface area contributed by atoms with E-state index < -0.39 is 13.9 Å². The van der Waals surface area contributed by atoms with E-state index in [1.807, 2.05) is 13.0 Å². The van der Waals surface area contributed by atoms with Crippen LogP contribution < -0.4 is 4.90 Å². The molecule has 4 nitrogen and oxygen atoms in total. The van der Waals surface area contributed by atoms with Gasteiger partial charge in [0.2, 0.25) is 8.32 Å². The topological polar surface area (TPSA) is 38.8 Å². The Labute approximate surface area is 184 Å². The number of ether oxygens (including phenoxy) is 1. The summed E-state index contributed by atoms with van der Waals surface area (Å²) in [5, 5.41) is 0. The summed E-state index contributed by atoms with van der Waals surface area (Å²) in [4.78, 5) is 13.8. The molecule has 1 aliphatic rings. The van der Waals surface area contributed by atoms with Crippen LogP contribution in [0.1, 0.15) is 72.1 Å². The molecule has 1 heterocycles. The fraction of sp³-hybridized carbons (Fsp3) is 0.640. The van der Waals surface area contributed by atoms with Gasteiger partial charge in [-0.15, -0.1) is 0 Å². The lowest BCUT2D eigenvalue weighted by Gasteiger charge is -2.46. The zero-order chi connectivity index (χ0) is 22.9. The number of anilines is 1. The molecule has 0 saturated heterocycles. The van der Waals surface area contributed by atoms with Crippen molar-refractivity contribution in [1.29, 1.82) is 0 Å². The third-order valence-electron chi connectivity index (χ3n) is 6.28. The molecule has 5 heteroatoms. The van der Waals surface area contributed by atoms with Crippen LogP contribution in [0, 0.1) is 18.8 Å². The molecule has 0 radical (unpaired) electrons. The van der Waals surface area contributed by atoms with Gasteiger partial charge in [-0.25, -0.2) is 4.79 Å². The fourth-order valence-electron chi connectivity index (χ4n) is 5.10. The molecule has 2 rings (SSSR count). The van der Waals surface area contributed by atoms with Gasteiger partial charge in [0.15, 0.2) is 0 Å². The number of carbonyl (C=O) groups is 1. The number of fused-ring (bicyclic) bond motifs is 1. The number of aryl methyl sites for hydroxylation is 1. The van der Waals surface area contributed by atoms with Crippen molar-refractivity contribution in [3.63, 3.8) is 0 Å². The average molecular weight is 430 g/mol. The van der Waals surface area contributed by atoms with Crippen molar-refractivity contribution < 1.29 is 14.0 Å². The van der Waals surface area contributed by atoms with Crippen molar-refractivity contribution >= 4 is 20.1 Å². The summed E-state index contributed by atoms with van der Waals surface area (Å²) in [6.45, 7) is 20.6. The van der Waals surface area contributed by atoms with Crippen LogP contribution in [-0.2, 0) is 15.6 Å². The number of rotatable bonds is 5. The second-order valence-corrected chi connectivity index (χ2v) is 15.2. The number of amides is 1. The van der Waals surface area contributed by atoms with Crippen LogP contribution in [0.25, 0.3) is 0 Å². The monoisotopic (exact) mass is 429 g/mol. The maximum atomic E-state index is 12.1. The molecule has 166 valence electrons. The van der Waals surface area contributed by atoms with E-state index in [4.69, 9.17) is 9.16 Å². The molecule has 1 aromatic rings. The zero-order valence-electron chi connectivity index (χ0n) is 20.5. The van der Waals surface area contributed by atoms with Crippen molar-refractivity contribution in [3.8, 4) is 11.8 Å². The summed E-state index contributed by atoms with van der Waals surface area (Å²) in [6, 6.07) is 4.15. The number of hydrogen-bond donors (Lipinski definition) is 0. The molecule has 1 aromatic carbocycles. The lowest BCUT2D eigenvalue weighted by molar-refractivity contribution is 0.144. The number of hydrogen-bond acceptors (Lipinski definition) is 3. The Morgan fingerprint density at radius 2 is 1.67 bits per heavy atom. The van der Waals surface area contributed by atoms with E-state index in [0.29, 0.717) is 23.2 Å². The van der Waals surface area contributed by atoms with Crippen molar-refractivity contribution in [2.24, 2.45) is 0 Å². The second kappa shape index (κ2) is 9.16. The second-order valence-electron chi connectivity index (χ2n) is 9.86. The van der Waals surface area contributed by atoms with E-state index in [2.05, 4.69) is 73.3 Å². The maximum absolute atomic E-state index is 12.1. The molecule has 1 amide bonds. The minimum absolute atomic E-state index is 0.316. The molecule has 0 unspecified atom stereocenters. The first kappa shape index (κ1) is 24.5. The van der Waals surface area contributed by atoms with Gasteiger partial charge in [0, 0.05) is 12.1 Å². The van der Waals surface area contributed by atoms with Gasteiger partial charge in [-0.1, -0.05) is 53.4 Å². The molecule has 0 spiro atoms. The number of nitrogens with zero attached hydrogens (tertiary/aromatic N) is 1. The van der Waals surface area contributed by atoms with Gasteiger partial charge in [-0.05, 0) is 67.1 Å². The van der Waals surface area contributed by atoms with Crippen LogP contribution in [0.15, 0.2) is 12.1 Å². The van der Waals surface area contributed by atoms with E-state index in [1.165, 1.54) is 7.11 Å². The predicted octanol–water partition coefficient (Wildman–Crippen LogP) is 6.45. The third-order valence-corrected chi connectivity index (χ3v) is 12.6. The Bertz CT molecular complexity index is 824. The maximum Gasteiger partial charge on any atom is 0.414 e. The smallest absolute Gasteiger partial charge is 0.414 e. The van der Waals surface area contributed by atoms with Crippen molar-refractivity contribution in [2.75, 3.05) is 18.6 Å². The lowest BCUT2D eigenvalue weighted by Crippen LogP contribution is -2.52. The summed E-state index contributed by atoms with van der Waals surface area (Å²) in [5.41, 5.74) is 5.10. The van der Waals surface area contributed by atoms with Gasteiger partial charge >= 0.3 is 6.09 Å². The summed E-state index contributed by atoms with van der Waals surface area (Å²) < 4.78 is 11.9. The molecule has 0 fully saturated rings. The predicted molar refractivity (Wildman–Crippen MR) is 128 cm³/mol. The third kappa shape index (κ3) is 4.76. The van der Waals surface area contributed by atoms with E-state index in [-0.39, 0.29) is 6.09 Å². The Morgan fingerprint density at radius 1 is 1.10 bits per heavy atom. The molecular formula is C25H39NO3Si. The standard InChI is InChI=1S/C25H39NO3Si/c1-17(2)30(18(3)4,19(5)6)29-25(8,9)13-11-21-15-20(7)16-23-22(21)12-14-26(23)24(27)28-10/h15-19H,12,14H2,1-10H3. The average Bonchev–Trinajstić information content (AvgIpc) is 3.06. The van der Waals surface area contributed by atoms with Gasteiger partial charge < -0.3 is 9.16 Å². The molecule has 0 atom stereocenters. The normalized spacial score (nSPS) is 14.2. The van der Waals surface area contributed by atoms with E-state index in [1.54, 1.807) is 4.90 Å². The van der Waals surface area contributed by atoms with E-state index >= 15 is 0 Å². The van der Waals surface area contributed by atoms with Gasteiger partial charge in [-0.3, -0.25) is 4.90 Å². The molecule has 1 aliphatic heterocycles. The first-order valence-electron chi connectivity index (χ1n) is 11.1. The molecule has 0 aliphatic carbocycles. The first-order valence-corrected chi connectivity index (χ1v) is 13.2. The molecule has 0 saturated carbocycles. The Hall–Kier alpha value is -1.77. The Balaban J connectivity index is 2.43. The SMILES string of the molecule is COC(=O)N1CCc2c(C#CC(C)(C)O[Si](C(C)C)(C(C)C)C(C)C)cc(C)cc21. The molecular weight excluding hydrogens is 390 g/mol. The lowest BCUT2D eigenvalue weighted by atomic mass is 10.0. The number of carbonyl (C=O) groups excluding carboxylic acids is 1. The summed E-state index contributed by atoms with van der Waals surface area (Å²) in [7, 11) is -0.614. The highest BCUT2D eigenvalue weighted by atomic mass is 28.4. The van der Waals surface area contributed by atoms with E-state index in [9.17, 15) is 4.79 Å². The van der Waals surface area contributed by atoms with Crippen molar-refractivity contribution in [3.05, 3.63) is 28.8 Å². The van der Waals surface area contributed by atoms with Crippen LogP contribution in [0.2, 0.25) is 16.6 Å². The van der Waals surface area contributed by atoms with Crippen LogP contribution in [0.4, 0.5) is 10.5 Å². The summed E-state index contributed by atoms with van der Waals surface area (Å²) in [6.07, 6.45) is 0.474. The van der Waals surface area contributed by atoms with Gasteiger partial charge in [-0.2, -0.15) is 0 Å². The number of methoxy groups -OCH3 is 1. The van der Waals surface area contributed by atoms with Crippen molar-refractivity contribution in [1.82, 2.24) is 0 Å². The van der Waals surface area contributed by atoms with Gasteiger partial charge in [0.1, 0.15) is 5.60 Å². The van der Waals surface area contributed by atoms with Crippen LogP contribution in [0.3, 0.4) is 0 Å².